The summed E-state index contributed by atoms with van der Waals surface area (Å²) in [6.45, 7) is 7.42. The zero-order valence-electron chi connectivity index (χ0n) is 12.8. The molecule has 2 heterocycles. The predicted octanol–water partition coefficient (Wildman–Crippen LogP) is 2.25. The third-order valence-electron chi connectivity index (χ3n) is 3.53. The van der Waals surface area contributed by atoms with Crippen molar-refractivity contribution in [2.24, 2.45) is 5.92 Å². The van der Waals surface area contributed by atoms with Crippen molar-refractivity contribution in [1.29, 1.82) is 0 Å². The van der Waals surface area contributed by atoms with Gasteiger partial charge in [-0.25, -0.2) is 0 Å². The molecule has 6 nitrogen and oxygen atoms in total. The maximum atomic E-state index is 12.2. The highest BCUT2D eigenvalue weighted by molar-refractivity contribution is 7.15. The van der Waals surface area contributed by atoms with Crippen LogP contribution in [0.5, 0.6) is 0 Å². The number of hydrogen-bond acceptors (Lipinski definition) is 5. The van der Waals surface area contributed by atoms with Gasteiger partial charge in [-0.3, -0.25) is 9.59 Å². The fraction of sp³-hybridized carbons (Fsp3) is 0.714. The van der Waals surface area contributed by atoms with Crippen molar-refractivity contribution < 1.29 is 9.59 Å². The molecule has 0 spiro atoms. The Kier molecular flexibility index (Phi) is 5.27. The first kappa shape index (κ1) is 15.9. The summed E-state index contributed by atoms with van der Waals surface area (Å²) in [5, 5.41) is 12.2. The third-order valence-corrected chi connectivity index (χ3v) is 4.67. The summed E-state index contributed by atoms with van der Waals surface area (Å²) in [6.07, 6.45) is 2.32. The first-order valence-electron chi connectivity index (χ1n) is 7.43. The molecule has 0 bridgehead atoms. The second kappa shape index (κ2) is 6.98. The molecule has 0 unspecified atom stereocenters. The van der Waals surface area contributed by atoms with Crippen molar-refractivity contribution in [3.05, 3.63) is 5.01 Å². The van der Waals surface area contributed by atoms with Gasteiger partial charge in [-0.1, -0.05) is 38.5 Å². The standard InChI is InChI=1S/C14H22N4O2S/c1-4-5-6-18-8-10(7-11(18)19)12(20)15-14-17-16-13(21-14)9(2)3/h9-10H,4-8H2,1-3H3,(H,15,17,20)/t10-/m1/s1. The maximum absolute atomic E-state index is 12.2. The van der Waals surface area contributed by atoms with Gasteiger partial charge in [0.15, 0.2) is 0 Å². The van der Waals surface area contributed by atoms with E-state index in [1.165, 1.54) is 11.3 Å². The molecular formula is C14H22N4O2S. The lowest BCUT2D eigenvalue weighted by Gasteiger charge is -2.15. The molecule has 0 saturated carbocycles. The lowest BCUT2D eigenvalue weighted by Crippen LogP contribution is -2.29. The summed E-state index contributed by atoms with van der Waals surface area (Å²) in [5.74, 6) is -0.0379. The first-order valence-corrected chi connectivity index (χ1v) is 8.25. The van der Waals surface area contributed by atoms with Crippen LogP contribution in [0, 0.1) is 5.92 Å². The maximum Gasteiger partial charge on any atom is 0.231 e. The Morgan fingerprint density at radius 1 is 1.48 bits per heavy atom. The average Bonchev–Trinajstić information content (AvgIpc) is 3.03. The van der Waals surface area contributed by atoms with Gasteiger partial charge in [-0.05, 0) is 6.42 Å². The number of nitrogens with one attached hydrogen (secondary N) is 1. The van der Waals surface area contributed by atoms with Crippen LogP contribution in [0.2, 0.25) is 0 Å². The second-order valence-electron chi connectivity index (χ2n) is 5.68. The molecule has 1 atom stereocenters. The molecule has 21 heavy (non-hydrogen) atoms. The van der Waals surface area contributed by atoms with E-state index in [-0.39, 0.29) is 17.7 Å². The minimum Gasteiger partial charge on any atom is -0.342 e. The van der Waals surface area contributed by atoms with Crippen LogP contribution >= 0.6 is 11.3 Å². The summed E-state index contributed by atoms with van der Waals surface area (Å²) >= 11 is 1.39. The molecule has 7 heteroatoms. The molecule has 1 aliphatic heterocycles. The van der Waals surface area contributed by atoms with E-state index >= 15 is 0 Å². The summed E-state index contributed by atoms with van der Waals surface area (Å²) < 4.78 is 0. The van der Waals surface area contributed by atoms with E-state index in [0.29, 0.717) is 24.0 Å². The van der Waals surface area contributed by atoms with E-state index in [1.54, 1.807) is 4.90 Å². The number of anilines is 1. The molecule has 1 N–H and O–H groups in total. The molecule has 1 aliphatic rings. The molecule has 1 saturated heterocycles. The number of rotatable bonds is 6. The molecule has 1 fully saturated rings. The molecule has 1 aromatic heterocycles. The molecule has 0 radical (unpaired) electrons. The van der Waals surface area contributed by atoms with Crippen LogP contribution in [-0.2, 0) is 9.59 Å². The lowest BCUT2D eigenvalue weighted by atomic mass is 10.1. The number of aromatic nitrogens is 2. The van der Waals surface area contributed by atoms with Crippen molar-refractivity contribution in [2.75, 3.05) is 18.4 Å². The van der Waals surface area contributed by atoms with Crippen LogP contribution in [-0.4, -0.2) is 40.0 Å². The van der Waals surface area contributed by atoms with Gasteiger partial charge in [0, 0.05) is 25.4 Å². The SMILES string of the molecule is CCCCN1C[C@H](C(=O)Nc2nnc(C(C)C)s2)CC1=O. The highest BCUT2D eigenvalue weighted by Crippen LogP contribution is 2.24. The number of amides is 2. The van der Waals surface area contributed by atoms with Gasteiger partial charge in [-0.2, -0.15) is 0 Å². The predicted molar refractivity (Wildman–Crippen MR) is 82.2 cm³/mol. The fourth-order valence-electron chi connectivity index (χ4n) is 2.24. The number of likely N-dealkylation sites (tertiary alicyclic amines) is 1. The lowest BCUT2D eigenvalue weighted by molar-refractivity contribution is -0.128. The van der Waals surface area contributed by atoms with Crippen LogP contribution in [0.1, 0.15) is 51.0 Å². The minimum absolute atomic E-state index is 0.0729. The van der Waals surface area contributed by atoms with Crippen molar-refractivity contribution in [3.8, 4) is 0 Å². The topological polar surface area (TPSA) is 75.2 Å². The second-order valence-corrected chi connectivity index (χ2v) is 6.69. The molecule has 0 aliphatic carbocycles. The van der Waals surface area contributed by atoms with Crippen molar-refractivity contribution in [1.82, 2.24) is 15.1 Å². The van der Waals surface area contributed by atoms with Crippen molar-refractivity contribution in [3.63, 3.8) is 0 Å². The fourth-order valence-corrected chi connectivity index (χ4v) is 2.99. The van der Waals surface area contributed by atoms with Gasteiger partial charge >= 0.3 is 0 Å². The van der Waals surface area contributed by atoms with Gasteiger partial charge < -0.3 is 10.2 Å². The normalized spacial score (nSPS) is 18.6. The molecule has 0 aromatic carbocycles. The highest BCUT2D eigenvalue weighted by Gasteiger charge is 2.34. The van der Waals surface area contributed by atoms with Crippen LogP contribution < -0.4 is 5.32 Å². The minimum atomic E-state index is -0.277. The van der Waals surface area contributed by atoms with E-state index in [2.05, 4.69) is 22.4 Å². The summed E-state index contributed by atoms with van der Waals surface area (Å²) in [4.78, 5) is 25.9. The van der Waals surface area contributed by atoms with E-state index in [1.807, 2.05) is 13.8 Å². The number of carbonyl (C=O) groups is 2. The molecule has 2 amide bonds. The van der Waals surface area contributed by atoms with Gasteiger partial charge in [0.1, 0.15) is 5.01 Å². The summed E-state index contributed by atoms with van der Waals surface area (Å²) in [5.41, 5.74) is 0. The quantitative estimate of drug-likeness (QED) is 0.874. The Bertz CT molecular complexity index is 515. The average molecular weight is 310 g/mol. The van der Waals surface area contributed by atoms with Crippen LogP contribution in [0.15, 0.2) is 0 Å². The van der Waals surface area contributed by atoms with Crippen LogP contribution in [0.3, 0.4) is 0 Å². The Hall–Kier alpha value is -1.50. The molecular weight excluding hydrogens is 288 g/mol. The Balaban J connectivity index is 1.90. The van der Waals surface area contributed by atoms with Gasteiger partial charge in [0.2, 0.25) is 16.9 Å². The molecule has 1 aromatic rings. The number of hydrogen-bond donors (Lipinski definition) is 1. The smallest absolute Gasteiger partial charge is 0.231 e. The Morgan fingerprint density at radius 3 is 2.86 bits per heavy atom. The van der Waals surface area contributed by atoms with Crippen LogP contribution in [0.4, 0.5) is 5.13 Å². The molecule has 116 valence electrons. The Labute approximate surface area is 128 Å². The largest absolute Gasteiger partial charge is 0.342 e. The van der Waals surface area contributed by atoms with Crippen molar-refractivity contribution >= 4 is 28.3 Å². The summed E-state index contributed by atoms with van der Waals surface area (Å²) in [6, 6.07) is 0. The molecule has 2 rings (SSSR count). The number of carbonyl (C=O) groups excluding carboxylic acids is 2. The van der Waals surface area contributed by atoms with E-state index in [0.717, 1.165) is 24.4 Å². The third kappa shape index (κ3) is 4.00. The van der Waals surface area contributed by atoms with Gasteiger partial charge in [-0.15, -0.1) is 10.2 Å². The van der Waals surface area contributed by atoms with Gasteiger partial charge in [0.25, 0.3) is 0 Å². The van der Waals surface area contributed by atoms with E-state index in [4.69, 9.17) is 0 Å². The Morgan fingerprint density at radius 2 is 2.24 bits per heavy atom. The van der Waals surface area contributed by atoms with E-state index < -0.39 is 0 Å². The zero-order chi connectivity index (χ0) is 15.4. The van der Waals surface area contributed by atoms with Gasteiger partial charge in [0.05, 0.1) is 5.92 Å². The van der Waals surface area contributed by atoms with Crippen LogP contribution in [0.25, 0.3) is 0 Å². The summed E-state index contributed by atoms with van der Waals surface area (Å²) in [7, 11) is 0. The number of unbranched alkanes of at least 4 members (excludes halogenated alkanes) is 1. The first-order chi connectivity index (χ1) is 10.0. The monoisotopic (exact) mass is 310 g/mol. The highest BCUT2D eigenvalue weighted by atomic mass is 32.1. The van der Waals surface area contributed by atoms with Crippen molar-refractivity contribution in [2.45, 2.75) is 46.0 Å². The zero-order valence-corrected chi connectivity index (χ0v) is 13.6. The number of nitrogens with zero attached hydrogens (tertiary/aromatic N) is 3. The van der Waals surface area contributed by atoms with E-state index in [9.17, 15) is 9.59 Å².